The molecule has 1 N–H and O–H groups in total. The van der Waals surface area contributed by atoms with Gasteiger partial charge >= 0.3 is 0 Å². The number of Topliss-reactive ketones (excluding diaryl/α,β-unsaturated/α-hetero) is 1. The lowest BCUT2D eigenvalue weighted by Crippen LogP contribution is -2.46. The Morgan fingerprint density at radius 2 is 1.87 bits per heavy atom. The second-order valence-electron chi connectivity index (χ2n) is 10.9. The molecule has 0 aromatic heterocycles. The second kappa shape index (κ2) is 7.65. The molecule has 2 aliphatic carbocycles. The number of benzene rings is 1. The summed E-state index contributed by atoms with van der Waals surface area (Å²) in [6.07, 6.45) is 5.89. The fourth-order valence-corrected chi connectivity index (χ4v) is 5.64. The van der Waals surface area contributed by atoms with Crippen LogP contribution in [0.4, 0.5) is 11.4 Å². The Hall–Kier alpha value is -2.36. The molecule has 3 aliphatic rings. The summed E-state index contributed by atoms with van der Waals surface area (Å²) in [5, 5.41) is 3.59. The van der Waals surface area contributed by atoms with Crippen molar-refractivity contribution in [3.63, 3.8) is 0 Å². The van der Waals surface area contributed by atoms with E-state index in [0.29, 0.717) is 18.8 Å². The average Bonchev–Trinajstić information content (AvgIpc) is 2.86. The van der Waals surface area contributed by atoms with Crippen LogP contribution in [0.2, 0.25) is 0 Å². The lowest BCUT2D eigenvalue weighted by atomic mass is 9.70. The minimum Gasteiger partial charge on any atom is -0.357 e. The number of amides is 1. The number of rotatable bonds is 3. The number of carbonyl (C=O) groups excluding carboxylic acids is 2. The number of para-hydroxylation sites is 2. The number of hydrogen-bond donors (Lipinski definition) is 1. The molecule has 0 fully saturated rings. The highest BCUT2D eigenvalue weighted by Gasteiger charge is 2.45. The van der Waals surface area contributed by atoms with E-state index in [1.807, 2.05) is 36.1 Å². The van der Waals surface area contributed by atoms with Crippen molar-refractivity contribution in [3.8, 4) is 0 Å². The van der Waals surface area contributed by atoms with Gasteiger partial charge in [0.05, 0.1) is 17.4 Å². The number of hydrogen-bond acceptors (Lipinski definition) is 3. The van der Waals surface area contributed by atoms with Gasteiger partial charge in [-0.15, -0.1) is 0 Å². The van der Waals surface area contributed by atoms with Gasteiger partial charge in [0, 0.05) is 24.1 Å². The number of nitrogens with zero attached hydrogens (tertiary/aromatic N) is 1. The predicted octanol–water partition coefficient (Wildman–Crippen LogP) is 6.25. The molecule has 4 heteroatoms. The van der Waals surface area contributed by atoms with Crippen LogP contribution < -0.4 is 10.2 Å². The molecule has 2 atom stereocenters. The first-order valence-electron chi connectivity index (χ1n) is 11.7. The van der Waals surface area contributed by atoms with E-state index in [1.165, 1.54) is 5.57 Å². The summed E-state index contributed by atoms with van der Waals surface area (Å²) in [5.74, 6) is 0.656. The molecule has 0 spiro atoms. The van der Waals surface area contributed by atoms with E-state index >= 15 is 0 Å². The van der Waals surface area contributed by atoms with Crippen LogP contribution in [0.3, 0.4) is 0 Å². The summed E-state index contributed by atoms with van der Waals surface area (Å²) >= 11 is 0. The monoisotopic (exact) mass is 420 g/mol. The molecule has 0 bridgehead atoms. The highest BCUT2D eigenvalue weighted by molar-refractivity contribution is 6.06. The van der Waals surface area contributed by atoms with Crippen molar-refractivity contribution in [1.82, 2.24) is 0 Å². The highest BCUT2D eigenvalue weighted by atomic mass is 16.2. The van der Waals surface area contributed by atoms with Crippen molar-refractivity contribution in [2.45, 2.75) is 79.7 Å². The molecule has 1 aromatic carbocycles. The minimum absolute atomic E-state index is 0.0674. The van der Waals surface area contributed by atoms with E-state index < -0.39 is 0 Å². The molecule has 0 radical (unpaired) electrons. The molecular formula is C27H36N2O2. The van der Waals surface area contributed by atoms with Crippen molar-refractivity contribution in [1.29, 1.82) is 0 Å². The summed E-state index contributed by atoms with van der Waals surface area (Å²) in [5.41, 5.74) is 5.03. The number of nitrogens with one attached hydrogen (secondary N) is 1. The number of carbonyl (C=O) groups is 2. The molecule has 2 unspecified atom stereocenters. The van der Waals surface area contributed by atoms with E-state index in [2.05, 4.69) is 46.0 Å². The quantitative estimate of drug-likeness (QED) is 0.588. The topological polar surface area (TPSA) is 49.4 Å². The van der Waals surface area contributed by atoms with Crippen LogP contribution in [-0.2, 0) is 9.59 Å². The summed E-state index contributed by atoms with van der Waals surface area (Å²) in [7, 11) is 0. The third-order valence-corrected chi connectivity index (χ3v) is 7.84. The van der Waals surface area contributed by atoms with Gasteiger partial charge in [0.15, 0.2) is 5.78 Å². The number of anilines is 2. The SMILES string of the molecule is CCC(=O)N1c2ccccc2NC2=C(C(=O)CC(C)(C)C2)C1CC1CC=C(C)C1(C)C. The number of fused-ring (bicyclic) bond motifs is 1. The lowest BCUT2D eigenvalue weighted by molar-refractivity contribution is -0.119. The molecule has 31 heavy (non-hydrogen) atoms. The van der Waals surface area contributed by atoms with Crippen LogP contribution >= 0.6 is 0 Å². The number of ketones is 1. The van der Waals surface area contributed by atoms with E-state index in [0.717, 1.165) is 41.9 Å². The first-order valence-corrected chi connectivity index (χ1v) is 11.7. The Balaban J connectivity index is 1.87. The normalized spacial score (nSPS) is 26.6. The first kappa shape index (κ1) is 21.9. The molecule has 0 saturated carbocycles. The third kappa shape index (κ3) is 3.75. The Kier molecular flexibility index (Phi) is 5.39. The van der Waals surface area contributed by atoms with Crippen LogP contribution in [0.15, 0.2) is 47.2 Å². The maximum absolute atomic E-state index is 13.6. The zero-order valence-electron chi connectivity index (χ0n) is 19.8. The maximum atomic E-state index is 13.6. The molecule has 1 aliphatic heterocycles. The minimum atomic E-state index is -0.231. The van der Waals surface area contributed by atoms with E-state index in [1.54, 1.807) is 0 Å². The summed E-state index contributed by atoms with van der Waals surface area (Å²) < 4.78 is 0. The van der Waals surface area contributed by atoms with Gasteiger partial charge in [-0.05, 0) is 55.1 Å². The maximum Gasteiger partial charge on any atom is 0.227 e. The van der Waals surface area contributed by atoms with Crippen LogP contribution in [0.5, 0.6) is 0 Å². The van der Waals surface area contributed by atoms with Gasteiger partial charge < -0.3 is 10.2 Å². The van der Waals surface area contributed by atoms with Gasteiger partial charge in [0.2, 0.25) is 5.91 Å². The second-order valence-corrected chi connectivity index (χ2v) is 10.9. The van der Waals surface area contributed by atoms with Crippen molar-refractivity contribution >= 4 is 23.1 Å². The van der Waals surface area contributed by atoms with Crippen LogP contribution in [0.25, 0.3) is 0 Å². The average molecular weight is 421 g/mol. The molecule has 1 heterocycles. The van der Waals surface area contributed by atoms with Gasteiger partial charge in [-0.1, -0.05) is 58.4 Å². The Morgan fingerprint density at radius 1 is 1.16 bits per heavy atom. The Bertz CT molecular complexity index is 983. The van der Waals surface area contributed by atoms with Crippen molar-refractivity contribution < 1.29 is 9.59 Å². The molecule has 4 nitrogen and oxygen atoms in total. The zero-order valence-corrected chi connectivity index (χ0v) is 19.8. The van der Waals surface area contributed by atoms with Gasteiger partial charge in [0.25, 0.3) is 0 Å². The predicted molar refractivity (Wildman–Crippen MR) is 127 cm³/mol. The first-order chi connectivity index (χ1) is 14.5. The molecular weight excluding hydrogens is 384 g/mol. The van der Waals surface area contributed by atoms with Gasteiger partial charge in [0.1, 0.15) is 0 Å². The third-order valence-electron chi connectivity index (χ3n) is 7.84. The van der Waals surface area contributed by atoms with Crippen LogP contribution in [0, 0.1) is 16.7 Å². The summed E-state index contributed by atoms with van der Waals surface area (Å²) in [6, 6.07) is 7.78. The largest absolute Gasteiger partial charge is 0.357 e. The highest BCUT2D eigenvalue weighted by Crippen LogP contribution is 2.50. The van der Waals surface area contributed by atoms with Crippen molar-refractivity contribution in [2.75, 3.05) is 10.2 Å². The molecule has 166 valence electrons. The molecule has 1 amide bonds. The van der Waals surface area contributed by atoms with Gasteiger partial charge in [-0.2, -0.15) is 0 Å². The number of allylic oxidation sites excluding steroid dienone is 3. The Labute approximate surface area is 186 Å². The van der Waals surface area contributed by atoms with E-state index in [9.17, 15) is 9.59 Å². The van der Waals surface area contributed by atoms with Crippen LogP contribution in [0.1, 0.15) is 73.6 Å². The molecule has 4 rings (SSSR count). The summed E-state index contributed by atoms with van der Waals surface area (Å²) in [6.45, 7) is 13.0. The smallest absolute Gasteiger partial charge is 0.227 e. The van der Waals surface area contributed by atoms with Crippen LogP contribution in [-0.4, -0.2) is 17.7 Å². The Morgan fingerprint density at radius 3 is 2.52 bits per heavy atom. The van der Waals surface area contributed by atoms with Gasteiger partial charge in [-0.3, -0.25) is 9.59 Å². The fraction of sp³-hybridized carbons (Fsp3) is 0.556. The van der Waals surface area contributed by atoms with Gasteiger partial charge in [-0.25, -0.2) is 0 Å². The standard InChI is InChI=1S/C27H36N2O2/c1-7-24(31)29-21-11-9-8-10-19(21)28-20-15-26(3,4)16-23(30)25(20)22(29)14-18-13-12-17(2)27(18,5)6/h8-12,18,22,28H,7,13-16H2,1-6H3. The van der Waals surface area contributed by atoms with E-state index in [4.69, 9.17) is 0 Å². The van der Waals surface area contributed by atoms with Crippen molar-refractivity contribution in [2.24, 2.45) is 16.7 Å². The molecule has 1 aromatic rings. The summed E-state index contributed by atoms with van der Waals surface area (Å²) in [4.78, 5) is 28.9. The fourth-order valence-electron chi connectivity index (χ4n) is 5.64. The zero-order chi connectivity index (χ0) is 22.6. The van der Waals surface area contributed by atoms with Crippen molar-refractivity contribution in [3.05, 3.63) is 47.2 Å². The lowest BCUT2D eigenvalue weighted by Gasteiger charge is -2.40. The molecule has 0 saturated heterocycles. The van der Waals surface area contributed by atoms with E-state index in [-0.39, 0.29) is 28.6 Å².